The van der Waals surface area contributed by atoms with E-state index in [0.29, 0.717) is 0 Å². The average Bonchev–Trinajstić information content (AvgIpc) is 2.71. The molecule has 1 aliphatic heterocycles. The first-order valence-corrected chi connectivity index (χ1v) is 5.26. The lowest BCUT2D eigenvalue weighted by atomic mass is 10.3. The van der Waals surface area contributed by atoms with Crippen molar-refractivity contribution in [3.05, 3.63) is 26.9 Å². The predicted octanol–water partition coefficient (Wildman–Crippen LogP) is 1.40. The Hall–Kier alpha value is -1.16. The Balaban J connectivity index is 2.53. The summed E-state index contributed by atoms with van der Waals surface area (Å²) in [6, 6.07) is 0. The van der Waals surface area contributed by atoms with E-state index in [0.717, 1.165) is 36.1 Å². The molecule has 0 amide bonds. The molecule has 0 spiro atoms. The number of thiophene rings is 1. The fraction of sp³-hybridized carbons (Fsp3) is 0.333. The van der Waals surface area contributed by atoms with Gasteiger partial charge in [-0.1, -0.05) is 0 Å². The highest BCUT2D eigenvalue weighted by molar-refractivity contribution is 7.09. The molecule has 66 valence electrons. The van der Waals surface area contributed by atoms with Gasteiger partial charge in [-0.05, 0) is 6.42 Å². The number of hydrogen-bond acceptors (Lipinski definition) is 3. The van der Waals surface area contributed by atoms with Gasteiger partial charge in [-0.25, -0.2) is 4.98 Å². The summed E-state index contributed by atoms with van der Waals surface area (Å²) < 4.78 is 1.80. The van der Waals surface area contributed by atoms with Gasteiger partial charge in [-0.3, -0.25) is 9.36 Å². The minimum atomic E-state index is 0.138. The van der Waals surface area contributed by atoms with Crippen LogP contribution in [-0.2, 0) is 13.0 Å². The first-order chi connectivity index (χ1) is 6.36. The van der Waals surface area contributed by atoms with Crippen LogP contribution in [0.1, 0.15) is 12.2 Å². The molecule has 0 unspecified atom stereocenters. The molecule has 0 aliphatic carbocycles. The average molecular weight is 192 g/mol. The minimum Gasteiger partial charge on any atom is -0.296 e. The summed E-state index contributed by atoms with van der Waals surface area (Å²) in [7, 11) is 0. The Kier molecular flexibility index (Phi) is 1.35. The van der Waals surface area contributed by atoms with Crippen LogP contribution >= 0.6 is 11.3 Å². The SMILES string of the molecule is O=c1c2cscc2nc2n1CCC2. The zero-order valence-electron chi connectivity index (χ0n) is 6.99. The second-order valence-electron chi connectivity index (χ2n) is 3.26. The lowest BCUT2D eigenvalue weighted by Gasteiger charge is -2.00. The highest BCUT2D eigenvalue weighted by Crippen LogP contribution is 2.17. The van der Waals surface area contributed by atoms with E-state index >= 15 is 0 Å². The fourth-order valence-electron chi connectivity index (χ4n) is 1.82. The molecule has 2 aromatic heterocycles. The van der Waals surface area contributed by atoms with E-state index in [1.54, 1.807) is 15.9 Å². The van der Waals surface area contributed by atoms with Crippen molar-refractivity contribution in [2.45, 2.75) is 19.4 Å². The minimum absolute atomic E-state index is 0.138. The summed E-state index contributed by atoms with van der Waals surface area (Å²) in [4.78, 5) is 16.3. The lowest BCUT2D eigenvalue weighted by molar-refractivity contribution is 0.719. The van der Waals surface area contributed by atoms with Gasteiger partial charge in [0.2, 0.25) is 0 Å². The first kappa shape index (κ1) is 7.26. The summed E-state index contributed by atoms with van der Waals surface area (Å²) in [5, 5.41) is 4.60. The topological polar surface area (TPSA) is 34.9 Å². The summed E-state index contributed by atoms with van der Waals surface area (Å²) in [5.41, 5.74) is 1.00. The first-order valence-electron chi connectivity index (χ1n) is 4.32. The van der Waals surface area contributed by atoms with Gasteiger partial charge in [0.05, 0.1) is 10.9 Å². The molecule has 0 N–H and O–H groups in total. The van der Waals surface area contributed by atoms with Crippen LogP contribution in [0.3, 0.4) is 0 Å². The van der Waals surface area contributed by atoms with Crippen LogP contribution in [0, 0.1) is 0 Å². The Morgan fingerprint density at radius 3 is 3.31 bits per heavy atom. The summed E-state index contributed by atoms with van der Waals surface area (Å²) in [5.74, 6) is 0.955. The highest BCUT2D eigenvalue weighted by atomic mass is 32.1. The van der Waals surface area contributed by atoms with Crippen LogP contribution in [0.4, 0.5) is 0 Å². The number of hydrogen-bond donors (Lipinski definition) is 0. The second kappa shape index (κ2) is 2.42. The summed E-state index contributed by atoms with van der Waals surface area (Å²) in [6.07, 6.45) is 2.00. The summed E-state index contributed by atoms with van der Waals surface area (Å²) in [6.45, 7) is 0.840. The van der Waals surface area contributed by atoms with Gasteiger partial charge in [0.1, 0.15) is 5.82 Å². The van der Waals surface area contributed by atoms with Gasteiger partial charge < -0.3 is 0 Å². The van der Waals surface area contributed by atoms with Crippen molar-refractivity contribution >= 4 is 22.2 Å². The number of rotatable bonds is 0. The second-order valence-corrected chi connectivity index (χ2v) is 4.00. The number of nitrogens with zero attached hydrogens (tertiary/aromatic N) is 2. The number of aryl methyl sites for hydroxylation is 1. The van der Waals surface area contributed by atoms with Gasteiger partial charge in [-0.15, -0.1) is 11.3 Å². The highest BCUT2D eigenvalue weighted by Gasteiger charge is 2.15. The van der Waals surface area contributed by atoms with Crippen LogP contribution in [-0.4, -0.2) is 9.55 Å². The molecule has 1 aliphatic rings. The lowest BCUT2D eigenvalue weighted by Crippen LogP contribution is -2.19. The molecule has 0 saturated heterocycles. The monoisotopic (exact) mass is 192 g/mol. The molecule has 0 fully saturated rings. The molecule has 0 aromatic carbocycles. The van der Waals surface area contributed by atoms with E-state index in [9.17, 15) is 4.79 Å². The van der Waals surface area contributed by atoms with E-state index in [-0.39, 0.29) is 5.56 Å². The smallest absolute Gasteiger partial charge is 0.262 e. The zero-order valence-corrected chi connectivity index (χ0v) is 7.80. The standard InChI is InChI=1S/C9H8N2OS/c12-9-6-4-13-5-7(6)10-8-2-1-3-11(8)9/h4-5H,1-3H2. The van der Waals surface area contributed by atoms with Crippen molar-refractivity contribution in [3.63, 3.8) is 0 Å². The van der Waals surface area contributed by atoms with Gasteiger partial charge in [-0.2, -0.15) is 0 Å². The molecule has 2 aromatic rings. The number of aromatic nitrogens is 2. The quantitative estimate of drug-likeness (QED) is 0.632. The molecule has 0 atom stereocenters. The predicted molar refractivity (Wildman–Crippen MR) is 52.2 cm³/mol. The third-order valence-corrected chi connectivity index (χ3v) is 3.19. The molecule has 3 heterocycles. The van der Waals surface area contributed by atoms with Gasteiger partial charge in [0, 0.05) is 23.7 Å². The maximum absolute atomic E-state index is 11.8. The Bertz CT molecular complexity index is 526. The molecule has 4 heteroatoms. The van der Waals surface area contributed by atoms with E-state index in [1.807, 2.05) is 10.8 Å². The van der Waals surface area contributed by atoms with E-state index in [2.05, 4.69) is 4.98 Å². The van der Waals surface area contributed by atoms with Crippen LogP contribution in [0.5, 0.6) is 0 Å². The van der Waals surface area contributed by atoms with Crippen molar-refractivity contribution in [1.29, 1.82) is 0 Å². The fourth-order valence-corrected chi connectivity index (χ4v) is 2.55. The molecule has 0 bridgehead atoms. The Labute approximate surface area is 78.7 Å². The third-order valence-electron chi connectivity index (χ3n) is 2.46. The van der Waals surface area contributed by atoms with Crippen molar-refractivity contribution in [2.75, 3.05) is 0 Å². The third kappa shape index (κ3) is 0.891. The van der Waals surface area contributed by atoms with Crippen molar-refractivity contribution in [3.8, 4) is 0 Å². The van der Waals surface area contributed by atoms with Crippen LogP contribution in [0.2, 0.25) is 0 Å². The Morgan fingerprint density at radius 2 is 2.38 bits per heavy atom. The van der Waals surface area contributed by atoms with E-state index < -0.39 is 0 Å². The Morgan fingerprint density at radius 1 is 1.46 bits per heavy atom. The molecular formula is C9H8N2OS. The maximum atomic E-state index is 11.8. The van der Waals surface area contributed by atoms with Crippen LogP contribution < -0.4 is 5.56 Å². The molecular weight excluding hydrogens is 184 g/mol. The molecule has 0 saturated carbocycles. The van der Waals surface area contributed by atoms with E-state index in [4.69, 9.17) is 0 Å². The van der Waals surface area contributed by atoms with Crippen molar-refractivity contribution in [1.82, 2.24) is 9.55 Å². The molecule has 0 radical (unpaired) electrons. The maximum Gasteiger partial charge on any atom is 0.262 e. The molecule has 3 nitrogen and oxygen atoms in total. The van der Waals surface area contributed by atoms with Crippen molar-refractivity contribution < 1.29 is 0 Å². The van der Waals surface area contributed by atoms with Gasteiger partial charge in [0.25, 0.3) is 5.56 Å². The molecule has 3 rings (SSSR count). The van der Waals surface area contributed by atoms with Crippen LogP contribution in [0.15, 0.2) is 15.6 Å². The normalized spacial score (nSPS) is 15.1. The van der Waals surface area contributed by atoms with Crippen LogP contribution in [0.25, 0.3) is 10.9 Å². The summed E-state index contributed by atoms with van der Waals surface area (Å²) >= 11 is 1.54. The van der Waals surface area contributed by atoms with Crippen molar-refractivity contribution in [2.24, 2.45) is 0 Å². The van der Waals surface area contributed by atoms with Gasteiger partial charge >= 0.3 is 0 Å². The number of fused-ring (bicyclic) bond motifs is 2. The zero-order chi connectivity index (χ0) is 8.84. The largest absolute Gasteiger partial charge is 0.296 e. The van der Waals surface area contributed by atoms with E-state index in [1.165, 1.54) is 0 Å². The van der Waals surface area contributed by atoms with Gasteiger partial charge in [0.15, 0.2) is 0 Å². The molecule has 13 heavy (non-hydrogen) atoms.